The third kappa shape index (κ3) is 2.58. The summed E-state index contributed by atoms with van der Waals surface area (Å²) >= 11 is 1.86. The van der Waals surface area contributed by atoms with E-state index in [4.69, 9.17) is 5.73 Å². The standard InChI is InChI=1S/C16H18FNS/c1-10-7-13(17)6-5-11(10)8-14(18)16-9-12-3-2-4-15(12)19-16/h5-7,9,14H,2-4,8,18H2,1H3. The summed E-state index contributed by atoms with van der Waals surface area (Å²) in [4.78, 5) is 2.79. The first-order valence-electron chi connectivity index (χ1n) is 6.75. The van der Waals surface area contributed by atoms with Gasteiger partial charge in [-0.15, -0.1) is 11.3 Å². The highest BCUT2D eigenvalue weighted by Gasteiger charge is 2.18. The highest BCUT2D eigenvalue weighted by atomic mass is 32.1. The number of halogens is 1. The average Bonchev–Trinajstić information content (AvgIpc) is 2.93. The number of aryl methyl sites for hydroxylation is 3. The van der Waals surface area contributed by atoms with Crippen molar-refractivity contribution in [3.05, 3.63) is 56.5 Å². The van der Waals surface area contributed by atoms with Crippen LogP contribution in [0.3, 0.4) is 0 Å². The fraction of sp³-hybridized carbons (Fsp3) is 0.375. The molecule has 0 amide bonds. The van der Waals surface area contributed by atoms with E-state index in [9.17, 15) is 4.39 Å². The van der Waals surface area contributed by atoms with Gasteiger partial charge in [-0.3, -0.25) is 0 Å². The van der Waals surface area contributed by atoms with E-state index in [1.54, 1.807) is 6.07 Å². The van der Waals surface area contributed by atoms with Crippen LogP contribution in [0, 0.1) is 12.7 Å². The molecule has 0 spiro atoms. The highest BCUT2D eigenvalue weighted by Crippen LogP contribution is 2.34. The third-order valence-electron chi connectivity index (χ3n) is 3.88. The lowest BCUT2D eigenvalue weighted by Gasteiger charge is -2.12. The van der Waals surface area contributed by atoms with Gasteiger partial charge in [-0.2, -0.15) is 0 Å². The zero-order chi connectivity index (χ0) is 13.4. The summed E-state index contributed by atoms with van der Waals surface area (Å²) in [5.74, 6) is -0.176. The normalized spacial score (nSPS) is 15.5. The first-order valence-corrected chi connectivity index (χ1v) is 7.57. The van der Waals surface area contributed by atoms with Crippen LogP contribution in [0.1, 0.15) is 38.9 Å². The minimum absolute atomic E-state index is 0.0276. The van der Waals surface area contributed by atoms with Crippen molar-refractivity contribution >= 4 is 11.3 Å². The van der Waals surface area contributed by atoms with E-state index in [0.29, 0.717) is 0 Å². The van der Waals surface area contributed by atoms with Crippen LogP contribution in [0.25, 0.3) is 0 Å². The van der Waals surface area contributed by atoms with Crippen LogP contribution in [0.4, 0.5) is 4.39 Å². The topological polar surface area (TPSA) is 26.0 Å². The summed E-state index contributed by atoms with van der Waals surface area (Å²) in [7, 11) is 0. The zero-order valence-electron chi connectivity index (χ0n) is 11.1. The second kappa shape index (κ2) is 5.06. The van der Waals surface area contributed by atoms with Crippen LogP contribution >= 0.6 is 11.3 Å². The van der Waals surface area contributed by atoms with E-state index in [-0.39, 0.29) is 11.9 Å². The number of thiophene rings is 1. The fourth-order valence-corrected chi connectivity index (χ4v) is 4.02. The molecule has 100 valence electrons. The molecule has 1 aliphatic carbocycles. The summed E-state index contributed by atoms with van der Waals surface area (Å²) < 4.78 is 13.1. The number of rotatable bonds is 3. The van der Waals surface area contributed by atoms with E-state index in [0.717, 1.165) is 17.5 Å². The van der Waals surface area contributed by atoms with Crippen LogP contribution < -0.4 is 5.73 Å². The number of fused-ring (bicyclic) bond motifs is 1. The molecule has 19 heavy (non-hydrogen) atoms. The van der Waals surface area contributed by atoms with E-state index in [1.165, 1.54) is 40.6 Å². The van der Waals surface area contributed by atoms with Gasteiger partial charge in [0.2, 0.25) is 0 Å². The lowest BCUT2D eigenvalue weighted by atomic mass is 10.0. The van der Waals surface area contributed by atoms with Crippen LogP contribution in [0.2, 0.25) is 0 Å². The molecule has 3 heteroatoms. The Morgan fingerprint density at radius 2 is 2.16 bits per heavy atom. The molecule has 1 aromatic carbocycles. The minimum Gasteiger partial charge on any atom is -0.323 e. The highest BCUT2D eigenvalue weighted by molar-refractivity contribution is 7.12. The Hall–Kier alpha value is -1.19. The van der Waals surface area contributed by atoms with Crippen molar-refractivity contribution in [2.45, 2.75) is 38.6 Å². The Labute approximate surface area is 117 Å². The maximum Gasteiger partial charge on any atom is 0.123 e. The minimum atomic E-state index is -0.176. The molecular formula is C16H18FNS. The summed E-state index contributed by atoms with van der Waals surface area (Å²) in [6.07, 6.45) is 4.48. The van der Waals surface area contributed by atoms with Gasteiger partial charge in [0.25, 0.3) is 0 Å². The fourth-order valence-electron chi connectivity index (χ4n) is 2.76. The second-order valence-corrected chi connectivity index (χ2v) is 6.50. The molecule has 1 nitrogen and oxygen atoms in total. The van der Waals surface area contributed by atoms with E-state index < -0.39 is 0 Å². The Balaban J connectivity index is 1.78. The molecule has 0 radical (unpaired) electrons. The first-order chi connectivity index (χ1) is 9.13. The maximum atomic E-state index is 13.1. The van der Waals surface area contributed by atoms with Crippen molar-refractivity contribution in [3.63, 3.8) is 0 Å². The van der Waals surface area contributed by atoms with Crippen molar-refractivity contribution < 1.29 is 4.39 Å². The molecule has 0 saturated carbocycles. The van der Waals surface area contributed by atoms with Crippen molar-refractivity contribution in [1.29, 1.82) is 0 Å². The van der Waals surface area contributed by atoms with Crippen LogP contribution in [-0.2, 0) is 19.3 Å². The Kier molecular flexibility index (Phi) is 3.42. The largest absolute Gasteiger partial charge is 0.323 e. The van der Waals surface area contributed by atoms with Gasteiger partial charge < -0.3 is 5.73 Å². The quantitative estimate of drug-likeness (QED) is 0.902. The van der Waals surface area contributed by atoms with Crippen LogP contribution in [0.5, 0.6) is 0 Å². The Morgan fingerprint density at radius 1 is 1.32 bits per heavy atom. The molecule has 1 atom stereocenters. The van der Waals surface area contributed by atoms with Gasteiger partial charge >= 0.3 is 0 Å². The van der Waals surface area contributed by atoms with Crippen molar-refractivity contribution in [1.82, 2.24) is 0 Å². The molecule has 3 rings (SSSR count). The van der Waals surface area contributed by atoms with Gasteiger partial charge in [0.1, 0.15) is 5.82 Å². The SMILES string of the molecule is Cc1cc(F)ccc1CC(N)c1cc2c(s1)CCC2. The molecule has 1 aromatic heterocycles. The van der Waals surface area contributed by atoms with Gasteiger partial charge in [-0.1, -0.05) is 6.07 Å². The molecule has 2 aromatic rings. The molecule has 0 saturated heterocycles. The zero-order valence-corrected chi connectivity index (χ0v) is 11.9. The van der Waals surface area contributed by atoms with Gasteiger partial charge in [0.05, 0.1) is 0 Å². The van der Waals surface area contributed by atoms with Crippen molar-refractivity contribution in [2.24, 2.45) is 5.73 Å². The van der Waals surface area contributed by atoms with E-state index in [1.807, 2.05) is 24.3 Å². The smallest absolute Gasteiger partial charge is 0.123 e. The summed E-state index contributed by atoms with van der Waals surface area (Å²) in [5, 5.41) is 0. The number of hydrogen-bond acceptors (Lipinski definition) is 2. The molecule has 0 aliphatic heterocycles. The lowest BCUT2D eigenvalue weighted by molar-refractivity contribution is 0.624. The van der Waals surface area contributed by atoms with Crippen LogP contribution in [-0.4, -0.2) is 0 Å². The number of nitrogens with two attached hydrogens (primary N) is 1. The molecule has 1 heterocycles. The first kappa shape index (κ1) is 12.8. The number of benzene rings is 1. The third-order valence-corrected chi connectivity index (χ3v) is 5.24. The Bertz CT molecular complexity index is 581. The maximum absolute atomic E-state index is 13.1. The Morgan fingerprint density at radius 3 is 2.89 bits per heavy atom. The van der Waals surface area contributed by atoms with Crippen molar-refractivity contribution in [3.8, 4) is 0 Å². The number of hydrogen-bond donors (Lipinski definition) is 1. The van der Waals surface area contributed by atoms with Crippen molar-refractivity contribution in [2.75, 3.05) is 0 Å². The van der Waals surface area contributed by atoms with E-state index in [2.05, 4.69) is 6.07 Å². The van der Waals surface area contributed by atoms with Gasteiger partial charge in [0.15, 0.2) is 0 Å². The van der Waals surface area contributed by atoms with Gasteiger partial charge in [-0.05, 0) is 67.5 Å². The van der Waals surface area contributed by atoms with Gasteiger partial charge in [0, 0.05) is 15.8 Å². The molecule has 0 fully saturated rings. The molecule has 0 bridgehead atoms. The van der Waals surface area contributed by atoms with Crippen LogP contribution in [0.15, 0.2) is 24.3 Å². The predicted octanol–water partition coefficient (Wildman–Crippen LogP) is 3.93. The lowest BCUT2D eigenvalue weighted by Crippen LogP contribution is -2.12. The molecular weight excluding hydrogens is 257 g/mol. The van der Waals surface area contributed by atoms with E-state index >= 15 is 0 Å². The molecule has 1 unspecified atom stereocenters. The molecule has 2 N–H and O–H groups in total. The van der Waals surface area contributed by atoms with Gasteiger partial charge in [-0.25, -0.2) is 4.39 Å². The summed E-state index contributed by atoms with van der Waals surface area (Å²) in [5.41, 5.74) is 9.93. The monoisotopic (exact) mass is 275 g/mol. The average molecular weight is 275 g/mol. The molecule has 1 aliphatic rings. The summed E-state index contributed by atoms with van der Waals surface area (Å²) in [6.45, 7) is 1.94. The summed E-state index contributed by atoms with van der Waals surface area (Å²) in [6, 6.07) is 7.25. The predicted molar refractivity (Wildman–Crippen MR) is 78.1 cm³/mol. The second-order valence-electron chi connectivity index (χ2n) is 5.33.